The zero-order chi connectivity index (χ0) is 22.1. The van der Waals surface area contributed by atoms with Gasteiger partial charge in [0, 0.05) is 50.9 Å². The molecule has 3 aromatic rings. The molecule has 8 nitrogen and oxygen atoms in total. The maximum absolute atomic E-state index is 13.5. The highest BCUT2D eigenvalue weighted by atomic mass is 16.2. The van der Waals surface area contributed by atoms with Crippen LogP contribution in [-0.2, 0) is 7.05 Å². The average molecular weight is 433 g/mol. The van der Waals surface area contributed by atoms with Gasteiger partial charge in [-0.15, -0.1) is 0 Å². The Balaban J connectivity index is 1.30. The standard InChI is InChI=1S/C24H28N6O2/c1-28-16-18(15-25-28)23(31)26-19-8-12-30(13-9-19)24(32)20-14-17-6-2-3-7-21(17)27-22(20)29-10-4-5-11-29/h2-3,6-7,14-16,19H,4-5,8-13H2,1H3,(H,26,31). The number of amides is 2. The van der Waals surface area contributed by atoms with E-state index in [-0.39, 0.29) is 17.9 Å². The van der Waals surface area contributed by atoms with Crippen molar-refractivity contribution >= 4 is 28.5 Å². The van der Waals surface area contributed by atoms with Gasteiger partial charge in [0.05, 0.1) is 22.8 Å². The number of fused-ring (bicyclic) bond motifs is 1. The fraction of sp³-hybridized carbons (Fsp3) is 0.417. The number of pyridine rings is 1. The van der Waals surface area contributed by atoms with Crippen molar-refractivity contribution in [2.24, 2.45) is 7.05 Å². The molecule has 0 bridgehead atoms. The van der Waals surface area contributed by atoms with Crippen molar-refractivity contribution in [2.75, 3.05) is 31.1 Å². The summed E-state index contributed by atoms with van der Waals surface area (Å²) in [5.74, 6) is 0.721. The first kappa shape index (κ1) is 20.5. The minimum absolute atomic E-state index is 0.0298. The van der Waals surface area contributed by atoms with Crippen LogP contribution >= 0.6 is 0 Å². The van der Waals surface area contributed by atoms with Crippen LogP contribution in [0.4, 0.5) is 5.82 Å². The molecule has 2 amide bonds. The molecule has 1 aromatic carbocycles. The third kappa shape index (κ3) is 4.04. The number of piperidine rings is 1. The average Bonchev–Trinajstić information content (AvgIpc) is 3.50. The molecule has 2 aliphatic heterocycles. The molecule has 0 spiro atoms. The number of aromatic nitrogens is 3. The first-order chi connectivity index (χ1) is 15.6. The molecule has 0 unspecified atom stereocenters. The molecule has 4 heterocycles. The van der Waals surface area contributed by atoms with Gasteiger partial charge in [-0.2, -0.15) is 5.10 Å². The highest BCUT2D eigenvalue weighted by Gasteiger charge is 2.29. The van der Waals surface area contributed by atoms with Crippen LogP contribution in [0.1, 0.15) is 46.4 Å². The molecule has 0 saturated carbocycles. The number of anilines is 1. The summed E-state index contributed by atoms with van der Waals surface area (Å²) in [5.41, 5.74) is 2.16. The van der Waals surface area contributed by atoms with Crippen LogP contribution < -0.4 is 10.2 Å². The summed E-state index contributed by atoms with van der Waals surface area (Å²) in [4.78, 5) is 35.0. The van der Waals surface area contributed by atoms with E-state index in [1.54, 1.807) is 24.1 Å². The van der Waals surface area contributed by atoms with Crippen molar-refractivity contribution in [1.82, 2.24) is 25.0 Å². The molecule has 2 aromatic heterocycles. The lowest BCUT2D eigenvalue weighted by molar-refractivity contribution is 0.0698. The van der Waals surface area contributed by atoms with E-state index in [0.717, 1.165) is 55.5 Å². The Kier molecular flexibility index (Phi) is 5.51. The van der Waals surface area contributed by atoms with Crippen molar-refractivity contribution in [3.05, 3.63) is 53.9 Å². The van der Waals surface area contributed by atoms with E-state index in [4.69, 9.17) is 4.98 Å². The van der Waals surface area contributed by atoms with Gasteiger partial charge in [0.1, 0.15) is 5.82 Å². The summed E-state index contributed by atoms with van der Waals surface area (Å²) < 4.78 is 1.62. The SMILES string of the molecule is Cn1cc(C(=O)NC2CCN(C(=O)c3cc4ccccc4nc3N3CCCC3)CC2)cn1. The molecule has 2 aliphatic rings. The summed E-state index contributed by atoms with van der Waals surface area (Å²) in [7, 11) is 1.79. The van der Waals surface area contributed by atoms with E-state index < -0.39 is 0 Å². The summed E-state index contributed by atoms with van der Waals surface area (Å²) in [6, 6.07) is 10.0. The Bertz CT molecular complexity index is 1140. The number of aryl methyl sites for hydroxylation is 1. The number of carbonyl (C=O) groups excluding carboxylic acids is 2. The molecule has 166 valence electrons. The van der Waals surface area contributed by atoms with Crippen LogP contribution in [0.15, 0.2) is 42.7 Å². The molecule has 0 radical (unpaired) electrons. The van der Waals surface area contributed by atoms with Crippen molar-refractivity contribution in [1.29, 1.82) is 0 Å². The third-order valence-electron chi connectivity index (χ3n) is 6.42. The fourth-order valence-electron chi connectivity index (χ4n) is 4.64. The van der Waals surface area contributed by atoms with Crippen LogP contribution in [0.25, 0.3) is 10.9 Å². The van der Waals surface area contributed by atoms with Crippen molar-refractivity contribution in [3.63, 3.8) is 0 Å². The summed E-state index contributed by atoms with van der Waals surface area (Å²) in [6.07, 6.45) is 7.01. The van der Waals surface area contributed by atoms with Gasteiger partial charge in [-0.25, -0.2) is 4.98 Å². The number of para-hydroxylation sites is 1. The van der Waals surface area contributed by atoms with Crippen molar-refractivity contribution < 1.29 is 9.59 Å². The van der Waals surface area contributed by atoms with Crippen LogP contribution in [0, 0.1) is 0 Å². The number of hydrogen-bond donors (Lipinski definition) is 1. The smallest absolute Gasteiger partial charge is 0.257 e. The largest absolute Gasteiger partial charge is 0.356 e. The van der Waals surface area contributed by atoms with E-state index in [2.05, 4.69) is 15.3 Å². The lowest BCUT2D eigenvalue weighted by atomic mass is 10.0. The number of nitrogens with one attached hydrogen (secondary N) is 1. The maximum atomic E-state index is 13.5. The minimum Gasteiger partial charge on any atom is -0.356 e. The minimum atomic E-state index is -0.113. The highest BCUT2D eigenvalue weighted by molar-refractivity contribution is 6.02. The van der Waals surface area contributed by atoms with Gasteiger partial charge in [-0.3, -0.25) is 14.3 Å². The highest BCUT2D eigenvalue weighted by Crippen LogP contribution is 2.28. The van der Waals surface area contributed by atoms with E-state index >= 15 is 0 Å². The zero-order valence-corrected chi connectivity index (χ0v) is 18.3. The fourth-order valence-corrected chi connectivity index (χ4v) is 4.64. The summed E-state index contributed by atoms with van der Waals surface area (Å²) in [5, 5.41) is 8.12. The molecule has 2 saturated heterocycles. The molecule has 1 N–H and O–H groups in total. The first-order valence-electron chi connectivity index (χ1n) is 11.3. The molecular weight excluding hydrogens is 404 g/mol. The zero-order valence-electron chi connectivity index (χ0n) is 18.3. The third-order valence-corrected chi connectivity index (χ3v) is 6.42. The quantitative estimate of drug-likeness (QED) is 0.685. The molecule has 5 rings (SSSR count). The number of rotatable bonds is 4. The lowest BCUT2D eigenvalue weighted by Crippen LogP contribution is -2.46. The molecule has 32 heavy (non-hydrogen) atoms. The normalized spacial score (nSPS) is 17.2. The van der Waals surface area contributed by atoms with Gasteiger partial charge < -0.3 is 15.1 Å². The lowest BCUT2D eigenvalue weighted by Gasteiger charge is -2.33. The monoisotopic (exact) mass is 432 g/mol. The summed E-state index contributed by atoms with van der Waals surface area (Å²) >= 11 is 0. The van der Waals surface area contributed by atoms with E-state index in [9.17, 15) is 9.59 Å². The Hall–Kier alpha value is -3.42. The molecule has 2 fully saturated rings. The Morgan fingerprint density at radius 2 is 1.81 bits per heavy atom. The predicted molar refractivity (Wildman–Crippen MR) is 123 cm³/mol. The van der Waals surface area contributed by atoms with Gasteiger partial charge in [-0.1, -0.05) is 18.2 Å². The number of nitrogens with zero attached hydrogens (tertiary/aromatic N) is 5. The molecule has 8 heteroatoms. The second-order valence-electron chi connectivity index (χ2n) is 8.69. The van der Waals surface area contributed by atoms with E-state index in [0.29, 0.717) is 24.2 Å². The predicted octanol–water partition coefficient (Wildman–Crippen LogP) is 2.60. The Morgan fingerprint density at radius 3 is 2.53 bits per heavy atom. The second-order valence-corrected chi connectivity index (χ2v) is 8.69. The van der Waals surface area contributed by atoms with Crippen molar-refractivity contribution in [3.8, 4) is 0 Å². The van der Waals surface area contributed by atoms with Crippen LogP contribution in [0.3, 0.4) is 0 Å². The summed E-state index contributed by atoms with van der Waals surface area (Å²) in [6.45, 7) is 3.11. The number of benzene rings is 1. The number of carbonyl (C=O) groups is 2. The van der Waals surface area contributed by atoms with Crippen LogP contribution in [0.2, 0.25) is 0 Å². The second kappa shape index (κ2) is 8.61. The molecular formula is C24H28N6O2. The maximum Gasteiger partial charge on any atom is 0.257 e. The van der Waals surface area contributed by atoms with Crippen LogP contribution in [-0.4, -0.2) is 63.7 Å². The van der Waals surface area contributed by atoms with Gasteiger partial charge in [-0.05, 0) is 37.8 Å². The van der Waals surface area contributed by atoms with Crippen LogP contribution in [0.5, 0.6) is 0 Å². The first-order valence-corrected chi connectivity index (χ1v) is 11.3. The van der Waals surface area contributed by atoms with Gasteiger partial charge >= 0.3 is 0 Å². The van der Waals surface area contributed by atoms with Gasteiger partial charge in [0.2, 0.25) is 0 Å². The van der Waals surface area contributed by atoms with Gasteiger partial charge in [0.25, 0.3) is 11.8 Å². The van der Waals surface area contributed by atoms with Crippen molar-refractivity contribution in [2.45, 2.75) is 31.7 Å². The topological polar surface area (TPSA) is 83.4 Å². The molecule has 0 atom stereocenters. The number of likely N-dealkylation sites (tertiary alicyclic amines) is 1. The Morgan fingerprint density at radius 1 is 1.06 bits per heavy atom. The molecule has 0 aliphatic carbocycles. The Labute approximate surface area is 187 Å². The number of hydrogen-bond acceptors (Lipinski definition) is 5. The van der Waals surface area contributed by atoms with Gasteiger partial charge in [0.15, 0.2) is 0 Å². The van der Waals surface area contributed by atoms with E-state index in [1.165, 1.54) is 0 Å². The van der Waals surface area contributed by atoms with E-state index in [1.807, 2.05) is 35.2 Å².